The lowest BCUT2D eigenvalue weighted by molar-refractivity contribution is 0.0387. The van der Waals surface area contributed by atoms with Crippen LogP contribution in [0.5, 0.6) is 0 Å². The first-order chi connectivity index (χ1) is 19.8. The summed E-state index contributed by atoms with van der Waals surface area (Å²) in [5, 5.41) is 3.10. The Labute approximate surface area is 235 Å². The summed E-state index contributed by atoms with van der Waals surface area (Å²) in [5.74, 6) is -0.747. The zero-order chi connectivity index (χ0) is 28.7. The monoisotopic (exact) mass is 578 g/mol. The van der Waals surface area contributed by atoms with Crippen LogP contribution in [-0.4, -0.2) is 51.8 Å². The molecule has 12 heteroatoms. The molecule has 0 spiro atoms. The molecule has 1 atom stereocenters. The number of benzene rings is 3. The molecule has 1 aliphatic heterocycles. The maximum Gasteiger partial charge on any atom is 0.298 e. The maximum atomic E-state index is 13.6. The van der Waals surface area contributed by atoms with Crippen LogP contribution in [0.25, 0.3) is 33.4 Å². The van der Waals surface area contributed by atoms with Crippen molar-refractivity contribution >= 4 is 49.7 Å². The minimum atomic E-state index is -3.68. The molecule has 1 unspecified atom stereocenters. The normalized spacial score (nSPS) is 15.9. The van der Waals surface area contributed by atoms with Gasteiger partial charge >= 0.3 is 0 Å². The number of amides is 1. The summed E-state index contributed by atoms with van der Waals surface area (Å²) in [5.41, 5.74) is 3.20. The lowest BCUT2D eigenvalue weighted by Gasteiger charge is -2.33. The van der Waals surface area contributed by atoms with E-state index in [0.717, 1.165) is 5.52 Å². The number of oxazole rings is 1. The molecule has 2 aromatic heterocycles. The van der Waals surface area contributed by atoms with Crippen molar-refractivity contribution in [2.45, 2.75) is 13.0 Å². The van der Waals surface area contributed by atoms with E-state index in [4.69, 9.17) is 13.6 Å². The van der Waals surface area contributed by atoms with Gasteiger partial charge in [-0.1, -0.05) is 12.1 Å². The van der Waals surface area contributed by atoms with Crippen molar-refractivity contribution in [1.82, 2.24) is 10.3 Å². The van der Waals surface area contributed by atoms with Gasteiger partial charge in [0.05, 0.1) is 30.2 Å². The van der Waals surface area contributed by atoms with Gasteiger partial charge in [0.25, 0.3) is 11.9 Å². The Balaban J connectivity index is 1.48. The van der Waals surface area contributed by atoms with Crippen LogP contribution in [0.2, 0.25) is 0 Å². The summed E-state index contributed by atoms with van der Waals surface area (Å²) in [7, 11) is -2.18. The van der Waals surface area contributed by atoms with Crippen LogP contribution in [0.1, 0.15) is 28.9 Å². The number of aromatic nitrogens is 1. The van der Waals surface area contributed by atoms with Crippen molar-refractivity contribution in [3.63, 3.8) is 0 Å². The predicted octanol–water partition coefficient (Wildman–Crippen LogP) is 5.08. The standard InChI is InChI=1S/C29H27FN4O6S/c1-3-41(36,37)33-22-15-24-20(26(28(35)31-2)27(39-24)17-8-10-18(30)11-9-17)14-19(22)25-16-34(12-13-38-25)29-32-21-6-4-5-7-23(21)40-29/h4-11,14-15,25,33H,3,12-13,16H2,1-2H3,(H,31,35). The SMILES string of the molecule is CCS(=O)(=O)Nc1cc2oc(-c3ccc(F)cc3)c(C(=O)NC)c2cc1C1CN(c2nc3ccccc3o2)CCO1. The average Bonchev–Trinajstić information content (AvgIpc) is 3.58. The zero-order valence-electron chi connectivity index (χ0n) is 22.3. The first-order valence-electron chi connectivity index (χ1n) is 13.1. The molecule has 3 aromatic carbocycles. The fourth-order valence-electron chi connectivity index (χ4n) is 4.92. The lowest BCUT2D eigenvalue weighted by Crippen LogP contribution is -2.38. The topological polar surface area (TPSA) is 127 Å². The highest BCUT2D eigenvalue weighted by Gasteiger charge is 2.30. The minimum absolute atomic E-state index is 0.145. The van der Waals surface area contributed by atoms with Crippen LogP contribution in [0, 0.1) is 5.82 Å². The fraction of sp³-hybridized carbons (Fsp3) is 0.241. The van der Waals surface area contributed by atoms with Gasteiger partial charge in [-0.25, -0.2) is 12.8 Å². The molecule has 5 aromatic rings. The van der Waals surface area contributed by atoms with Crippen LogP contribution in [0.4, 0.5) is 16.1 Å². The molecule has 1 fully saturated rings. The number of hydrogen-bond donors (Lipinski definition) is 2. The summed E-state index contributed by atoms with van der Waals surface area (Å²) in [6.45, 7) is 2.70. The van der Waals surface area contributed by atoms with E-state index >= 15 is 0 Å². The molecule has 0 bridgehead atoms. The number of anilines is 2. The van der Waals surface area contributed by atoms with Gasteiger partial charge in [-0.3, -0.25) is 9.52 Å². The van der Waals surface area contributed by atoms with Crippen LogP contribution in [-0.2, 0) is 14.8 Å². The Morgan fingerprint density at radius 1 is 1.10 bits per heavy atom. The number of nitrogens with zero attached hydrogens (tertiary/aromatic N) is 2. The summed E-state index contributed by atoms with van der Waals surface area (Å²) in [4.78, 5) is 19.6. The highest BCUT2D eigenvalue weighted by molar-refractivity contribution is 7.92. The molecule has 2 N–H and O–H groups in total. The van der Waals surface area contributed by atoms with E-state index < -0.39 is 27.9 Å². The molecule has 10 nitrogen and oxygen atoms in total. The third-order valence-electron chi connectivity index (χ3n) is 7.03. The first kappa shape index (κ1) is 26.8. The van der Waals surface area contributed by atoms with Gasteiger partial charge in [0, 0.05) is 36.2 Å². The van der Waals surface area contributed by atoms with Crippen molar-refractivity contribution in [2.24, 2.45) is 0 Å². The number of carbonyl (C=O) groups excluding carboxylic acids is 1. The van der Waals surface area contributed by atoms with Crippen molar-refractivity contribution in [2.75, 3.05) is 42.1 Å². The van der Waals surface area contributed by atoms with E-state index in [0.29, 0.717) is 47.8 Å². The van der Waals surface area contributed by atoms with Gasteiger partial charge in [0.15, 0.2) is 5.58 Å². The highest BCUT2D eigenvalue weighted by atomic mass is 32.2. The molecule has 1 aliphatic rings. The van der Waals surface area contributed by atoms with E-state index in [-0.39, 0.29) is 28.3 Å². The number of nitrogens with one attached hydrogen (secondary N) is 2. The molecule has 0 aliphatic carbocycles. The second-order valence-electron chi connectivity index (χ2n) is 9.60. The van der Waals surface area contributed by atoms with Gasteiger partial charge in [0.1, 0.15) is 28.8 Å². The number of sulfonamides is 1. The van der Waals surface area contributed by atoms with Crippen LogP contribution >= 0.6 is 0 Å². The predicted molar refractivity (Wildman–Crippen MR) is 153 cm³/mol. The van der Waals surface area contributed by atoms with Gasteiger partial charge in [-0.2, -0.15) is 4.98 Å². The highest BCUT2D eigenvalue weighted by Crippen LogP contribution is 2.40. The van der Waals surface area contributed by atoms with E-state index in [9.17, 15) is 17.6 Å². The summed E-state index contributed by atoms with van der Waals surface area (Å²) in [6, 6.07) is 16.7. The summed E-state index contributed by atoms with van der Waals surface area (Å²) < 4.78 is 59.9. The van der Waals surface area contributed by atoms with Crippen LogP contribution < -0.4 is 14.9 Å². The Bertz CT molecular complexity index is 1830. The molecule has 6 rings (SSSR count). The number of carbonyl (C=O) groups is 1. The van der Waals surface area contributed by atoms with Crippen molar-refractivity contribution in [3.8, 4) is 11.3 Å². The summed E-state index contributed by atoms with van der Waals surface area (Å²) in [6.07, 6.45) is -0.598. The molecule has 3 heterocycles. The smallest absolute Gasteiger partial charge is 0.298 e. The number of fused-ring (bicyclic) bond motifs is 2. The third kappa shape index (κ3) is 5.11. The fourth-order valence-corrected chi connectivity index (χ4v) is 5.57. The largest absolute Gasteiger partial charge is 0.455 e. The number of hydrogen-bond acceptors (Lipinski definition) is 8. The number of halogens is 1. The average molecular weight is 579 g/mol. The molecule has 41 heavy (non-hydrogen) atoms. The molecule has 0 saturated carbocycles. The van der Waals surface area contributed by atoms with Gasteiger partial charge in [-0.05, 0) is 49.4 Å². The number of rotatable bonds is 7. The van der Waals surface area contributed by atoms with Crippen LogP contribution in [0.3, 0.4) is 0 Å². The van der Waals surface area contributed by atoms with Crippen molar-refractivity contribution in [1.29, 1.82) is 0 Å². The Kier molecular flexibility index (Phi) is 6.88. The lowest BCUT2D eigenvalue weighted by atomic mass is 9.99. The Morgan fingerprint density at radius 3 is 2.61 bits per heavy atom. The van der Waals surface area contributed by atoms with Gasteiger partial charge in [0.2, 0.25) is 10.0 Å². The van der Waals surface area contributed by atoms with E-state index in [1.165, 1.54) is 38.2 Å². The second kappa shape index (κ2) is 10.5. The molecular weight excluding hydrogens is 551 g/mol. The van der Waals surface area contributed by atoms with Gasteiger partial charge < -0.3 is 23.8 Å². The number of para-hydroxylation sites is 2. The molecule has 1 amide bonds. The van der Waals surface area contributed by atoms with Crippen molar-refractivity contribution in [3.05, 3.63) is 77.6 Å². The zero-order valence-corrected chi connectivity index (χ0v) is 23.1. The maximum absolute atomic E-state index is 13.6. The minimum Gasteiger partial charge on any atom is -0.455 e. The molecule has 1 saturated heterocycles. The Morgan fingerprint density at radius 2 is 1.88 bits per heavy atom. The second-order valence-corrected chi connectivity index (χ2v) is 11.6. The number of morpholine rings is 1. The Hall–Kier alpha value is -4.42. The van der Waals surface area contributed by atoms with E-state index in [2.05, 4.69) is 15.0 Å². The third-order valence-corrected chi connectivity index (χ3v) is 8.32. The van der Waals surface area contributed by atoms with E-state index in [1.807, 2.05) is 29.2 Å². The number of furan rings is 1. The molecular formula is C29H27FN4O6S. The summed E-state index contributed by atoms with van der Waals surface area (Å²) >= 11 is 0. The quantitative estimate of drug-likeness (QED) is 0.274. The van der Waals surface area contributed by atoms with Gasteiger partial charge in [-0.15, -0.1) is 0 Å². The van der Waals surface area contributed by atoms with Crippen molar-refractivity contribution < 1.29 is 31.2 Å². The van der Waals surface area contributed by atoms with Crippen LogP contribution in [0.15, 0.2) is 69.5 Å². The first-order valence-corrected chi connectivity index (χ1v) is 14.7. The number of ether oxygens (including phenoxy) is 1. The molecule has 212 valence electrons. The molecule has 0 radical (unpaired) electrons. The van der Waals surface area contributed by atoms with E-state index in [1.54, 1.807) is 12.1 Å².